The van der Waals surface area contributed by atoms with Gasteiger partial charge in [0.25, 0.3) is 0 Å². The van der Waals surface area contributed by atoms with Crippen LogP contribution in [0.5, 0.6) is 11.5 Å². The molecule has 0 N–H and O–H groups in total. The maximum atomic E-state index is 13.0. The minimum Gasteiger partial charge on any atom is -0.497 e. The predicted octanol–water partition coefficient (Wildman–Crippen LogP) is 3.99. The minimum atomic E-state index is -0.321. The van der Waals surface area contributed by atoms with Crippen molar-refractivity contribution in [1.29, 1.82) is 0 Å². The molecule has 0 radical (unpaired) electrons. The summed E-state index contributed by atoms with van der Waals surface area (Å²) in [5.41, 5.74) is 1.20. The number of halogens is 2. The molecule has 2 aromatic rings. The molecular weight excluding hydrogens is 327 g/mol. The second kappa shape index (κ2) is 6.52. The Labute approximate surface area is 124 Å². The Morgan fingerprint density at radius 1 is 1.25 bits per heavy atom. The van der Waals surface area contributed by atoms with Crippen molar-refractivity contribution >= 4 is 22.2 Å². The van der Waals surface area contributed by atoms with Gasteiger partial charge >= 0.3 is 0 Å². The lowest BCUT2D eigenvalue weighted by Gasteiger charge is -2.11. The predicted molar refractivity (Wildman–Crippen MR) is 76.8 cm³/mol. The normalized spacial score (nSPS) is 10.2. The number of methoxy groups -OCH3 is 1. The highest BCUT2D eigenvalue weighted by molar-refractivity contribution is 9.10. The van der Waals surface area contributed by atoms with E-state index in [1.54, 1.807) is 24.3 Å². The lowest BCUT2D eigenvalue weighted by atomic mass is 10.2. The number of rotatable bonds is 5. The van der Waals surface area contributed by atoms with E-state index in [0.717, 1.165) is 5.56 Å². The van der Waals surface area contributed by atoms with Crippen LogP contribution in [-0.4, -0.2) is 13.4 Å². The van der Waals surface area contributed by atoms with Crippen molar-refractivity contribution in [2.24, 2.45) is 0 Å². The Balaban J connectivity index is 2.16. The number of carbonyl (C=O) groups excluding carboxylic acids is 1. The van der Waals surface area contributed by atoms with E-state index in [-0.39, 0.29) is 12.4 Å². The molecule has 0 fully saturated rings. The van der Waals surface area contributed by atoms with Gasteiger partial charge in [0.1, 0.15) is 23.9 Å². The zero-order valence-corrected chi connectivity index (χ0v) is 12.3. The van der Waals surface area contributed by atoms with E-state index in [0.29, 0.717) is 27.8 Å². The van der Waals surface area contributed by atoms with Gasteiger partial charge in [-0.15, -0.1) is 0 Å². The monoisotopic (exact) mass is 338 g/mol. The molecule has 0 atom stereocenters. The van der Waals surface area contributed by atoms with Crippen molar-refractivity contribution in [1.82, 2.24) is 0 Å². The molecule has 0 aliphatic heterocycles. The van der Waals surface area contributed by atoms with Gasteiger partial charge in [-0.05, 0) is 30.3 Å². The molecule has 5 heteroatoms. The van der Waals surface area contributed by atoms with Crippen LogP contribution < -0.4 is 9.47 Å². The molecule has 2 aromatic carbocycles. The average molecular weight is 339 g/mol. The summed E-state index contributed by atoms with van der Waals surface area (Å²) in [6.07, 6.45) is 0.706. The Hall–Kier alpha value is -1.88. The van der Waals surface area contributed by atoms with Crippen molar-refractivity contribution in [3.63, 3.8) is 0 Å². The third-order valence-corrected chi connectivity index (χ3v) is 3.48. The van der Waals surface area contributed by atoms with E-state index < -0.39 is 0 Å². The van der Waals surface area contributed by atoms with Crippen LogP contribution in [0.25, 0.3) is 0 Å². The number of carbonyl (C=O) groups is 1. The molecule has 0 aliphatic rings. The first-order valence-electron chi connectivity index (χ1n) is 5.84. The molecule has 0 spiro atoms. The first-order valence-corrected chi connectivity index (χ1v) is 6.63. The number of aldehydes is 1. The molecule has 0 saturated heterocycles. The van der Waals surface area contributed by atoms with Gasteiger partial charge in [-0.2, -0.15) is 0 Å². The molecule has 20 heavy (non-hydrogen) atoms. The second-order valence-corrected chi connectivity index (χ2v) is 4.90. The molecule has 0 aliphatic carbocycles. The summed E-state index contributed by atoms with van der Waals surface area (Å²) in [4.78, 5) is 11.0. The minimum absolute atomic E-state index is 0.230. The molecule has 3 nitrogen and oxygen atoms in total. The molecule has 0 unspecified atom stereocenters. The van der Waals surface area contributed by atoms with E-state index >= 15 is 0 Å². The van der Waals surface area contributed by atoms with E-state index in [1.165, 1.54) is 19.2 Å². The first kappa shape index (κ1) is 14.5. The summed E-state index contributed by atoms with van der Waals surface area (Å²) in [6, 6.07) is 9.33. The van der Waals surface area contributed by atoms with Crippen molar-refractivity contribution in [3.05, 3.63) is 57.8 Å². The van der Waals surface area contributed by atoms with Gasteiger partial charge in [0.05, 0.1) is 12.7 Å². The highest BCUT2D eigenvalue weighted by atomic mass is 79.9. The number of hydrogen-bond acceptors (Lipinski definition) is 3. The van der Waals surface area contributed by atoms with Crippen molar-refractivity contribution < 1.29 is 18.7 Å². The molecular formula is C15H12BrFO3. The fourth-order valence-electron chi connectivity index (χ4n) is 1.67. The van der Waals surface area contributed by atoms with Crippen molar-refractivity contribution in [2.45, 2.75) is 6.61 Å². The standard InChI is InChI=1S/C15H12BrFO3/c1-19-13-4-5-15(11(6-13)8-18)20-9-10-2-3-12(17)7-14(10)16/h2-8H,9H2,1H3. The molecule has 104 valence electrons. The van der Waals surface area contributed by atoms with Crippen LogP contribution in [0.2, 0.25) is 0 Å². The zero-order valence-electron chi connectivity index (χ0n) is 10.7. The molecule has 0 bridgehead atoms. The van der Waals surface area contributed by atoms with Crippen LogP contribution in [-0.2, 0) is 6.61 Å². The SMILES string of the molecule is COc1ccc(OCc2ccc(F)cc2Br)c(C=O)c1. The lowest BCUT2D eigenvalue weighted by Crippen LogP contribution is -2.00. The summed E-state index contributed by atoms with van der Waals surface area (Å²) in [5.74, 6) is 0.720. The van der Waals surface area contributed by atoms with Gasteiger partial charge in [-0.1, -0.05) is 22.0 Å². The van der Waals surface area contributed by atoms with E-state index in [9.17, 15) is 9.18 Å². The fourth-order valence-corrected chi connectivity index (χ4v) is 2.14. The number of ether oxygens (including phenoxy) is 2. The van der Waals surface area contributed by atoms with Crippen LogP contribution >= 0.6 is 15.9 Å². The number of benzene rings is 2. The van der Waals surface area contributed by atoms with Crippen LogP contribution in [0.1, 0.15) is 15.9 Å². The number of hydrogen-bond donors (Lipinski definition) is 0. The van der Waals surface area contributed by atoms with Gasteiger partial charge in [0.15, 0.2) is 6.29 Å². The first-order chi connectivity index (χ1) is 9.63. The molecule has 0 heterocycles. The summed E-state index contributed by atoms with van der Waals surface area (Å²) in [5, 5.41) is 0. The van der Waals surface area contributed by atoms with E-state index in [2.05, 4.69) is 15.9 Å². The Bertz CT molecular complexity index is 629. The second-order valence-electron chi connectivity index (χ2n) is 4.05. The van der Waals surface area contributed by atoms with E-state index in [1.807, 2.05) is 0 Å². The van der Waals surface area contributed by atoms with Crippen molar-refractivity contribution in [3.8, 4) is 11.5 Å². The zero-order chi connectivity index (χ0) is 14.5. The third kappa shape index (κ3) is 3.36. The summed E-state index contributed by atoms with van der Waals surface area (Å²) >= 11 is 3.27. The van der Waals surface area contributed by atoms with Crippen LogP contribution in [0, 0.1) is 5.82 Å². The highest BCUT2D eigenvalue weighted by Gasteiger charge is 2.07. The van der Waals surface area contributed by atoms with Gasteiger partial charge in [0.2, 0.25) is 0 Å². The van der Waals surface area contributed by atoms with E-state index in [4.69, 9.17) is 9.47 Å². The lowest BCUT2D eigenvalue weighted by molar-refractivity contribution is 0.111. The molecule has 0 saturated carbocycles. The largest absolute Gasteiger partial charge is 0.497 e. The van der Waals surface area contributed by atoms with Gasteiger partial charge in [0, 0.05) is 10.0 Å². The van der Waals surface area contributed by atoms with Crippen LogP contribution in [0.4, 0.5) is 4.39 Å². The average Bonchev–Trinajstić information content (AvgIpc) is 2.46. The van der Waals surface area contributed by atoms with Crippen molar-refractivity contribution in [2.75, 3.05) is 7.11 Å². The maximum absolute atomic E-state index is 13.0. The van der Waals surface area contributed by atoms with Gasteiger partial charge in [-0.3, -0.25) is 4.79 Å². The summed E-state index contributed by atoms with van der Waals surface area (Å²) < 4.78 is 24.2. The smallest absolute Gasteiger partial charge is 0.153 e. The third-order valence-electron chi connectivity index (χ3n) is 2.74. The highest BCUT2D eigenvalue weighted by Crippen LogP contribution is 2.25. The molecule has 0 aromatic heterocycles. The Morgan fingerprint density at radius 3 is 2.70 bits per heavy atom. The maximum Gasteiger partial charge on any atom is 0.153 e. The molecule has 0 amide bonds. The Morgan fingerprint density at radius 2 is 2.05 bits per heavy atom. The van der Waals surface area contributed by atoms with Crippen LogP contribution in [0.15, 0.2) is 40.9 Å². The van der Waals surface area contributed by atoms with Gasteiger partial charge < -0.3 is 9.47 Å². The fraction of sp³-hybridized carbons (Fsp3) is 0.133. The van der Waals surface area contributed by atoms with Crippen LogP contribution in [0.3, 0.4) is 0 Å². The molecule has 2 rings (SSSR count). The summed E-state index contributed by atoms with van der Waals surface area (Å²) in [6.45, 7) is 0.230. The summed E-state index contributed by atoms with van der Waals surface area (Å²) in [7, 11) is 1.53. The quantitative estimate of drug-likeness (QED) is 0.773. The topological polar surface area (TPSA) is 35.5 Å². The van der Waals surface area contributed by atoms with Gasteiger partial charge in [-0.25, -0.2) is 4.39 Å². The Kier molecular flexibility index (Phi) is 4.74.